The Bertz CT molecular complexity index is 1240. The van der Waals surface area contributed by atoms with Crippen molar-refractivity contribution in [1.29, 1.82) is 0 Å². The number of rotatable bonds is 4. The number of carbonyl (C=O) groups excluding carboxylic acids is 3. The number of ether oxygens (including phenoxy) is 1. The zero-order valence-corrected chi connectivity index (χ0v) is 20.8. The van der Waals surface area contributed by atoms with Gasteiger partial charge in [-0.15, -0.1) is 0 Å². The zero-order chi connectivity index (χ0) is 25.8. The minimum Gasteiger partial charge on any atom is -0.459 e. The van der Waals surface area contributed by atoms with E-state index in [2.05, 4.69) is 5.32 Å². The summed E-state index contributed by atoms with van der Waals surface area (Å²) in [5.74, 6) is -5.10. The molecule has 1 N–H and O–H groups in total. The topological polar surface area (TPSA) is 79.0 Å². The lowest BCUT2D eigenvalue weighted by atomic mass is 9.83. The van der Waals surface area contributed by atoms with Crippen molar-refractivity contribution in [3.63, 3.8) is 0 Å². The summed E-state index contributed by atoms with van der Waals surface area (Å²) in [6, 6.07) is 8.82. The highest BCUT2D eigenvalue weighted by Gasteiger charge is 2.47. The summed E-state index contributed by atoms with van der Waals surface area (Å²) in [5.41, 5.74) is 1.75. The van der Waals surface area contributed by atoms with Gasteiger partial charge in [0.2, 0.25) is 11.8 Å². The maximum Gasteiger partial charge on any atom is 0.320 e. The third-order valence-electron chi connectivity index (χ3n) is 7.20. The molecule has 192 valence electrons. The predicted molar refractivity (Wildman–Crippen MR) is 131 cm³/mol. The van der Waals surface area contributed by atoms with Gasteiger partial charge in [-0.1, -0.05) is 24.3 Å². The van der Waals surface area contributed by atoms with E-state index in [1.807, 2.05) is 29.2 Å². The summed E-state index contributed by atoms with van der Waals surface area (Å²) in [4.78, 5) is 39.8. The largest absolute Gasteiger partial charge is 0.459 e. The van der Waals surface area contributed by atoms with Crippen molar-refractivity contribution in [1.82, 2.24) is 10.2 Å². The molecule has 5 rings (SSSR count). The molecular weight excluding hydrogens is 468 g/mol. The molecule has 2 atom stereocenters. The molecule has 2 saturated heterocycles. The molecule has 0 saturated carbocycles. The fourth-order valence-corrected chi connectivity index (χ4v) is 5.77. The van der Waals surface area contributed by atoms with E-state index in [9.17, 15) is 14.4 Å². The Balaban J connectivity index is 1.40. The predicted octanol–water partition coefficient (Wildman–Crippen LogP) is 3.73. The van der Waals surface area contributed by atoms with E-state index in [0.717, 1.165) is 22.0 Å². The lowest BCUT2D eigenvalue weighted by Gasteiger charge is -2.39. The number of hydrogen-bond donors (Lipinski definition) is 1. The van der Waals surface area contributed by atoms with Crippen molar-refractivity contribution < 1.29 is 27.9 Å². The minimum absolute atomic E-state index is 0.162. The molecule has 9 heteroatoms. The van der Waals surface area contributed by atoms with E-state index >= 15 is 8.78 Å². The van der Waals surface area contributed by atoms with Gasteiger partial charge in [0.1, 0.15) is 11.6 Å². The van der Waals surface area contributed by atoms with Gasteiger partial charge < -0.3 is 9.64 Å². The number of nitrogens with zero attached hydrogens (tertiary/aromatic N) is 2. The van der Waals surface area contributed by atoms with E-state index in [-0.39, 0.29) is 31.2 Å². The Morgan fingerprint density at radius 1 is 1.17 bits per heavy atom. The van der Waals surface area contributed by atoms with Crippen LogP contribution in [0.4, 0.5) is 14.5 Å². The number of alkyl halides is 2. The van der Waals surface area contributed by atoms with E-state index in [0.29, 0.717) is 25.1 Å². The van der Waals surface area contributed by atoms with Crippen LogP contribution < -0.4 is 10.2 Å². The second-order valence-electron chi connectivity index (χ2n) is 11.0. The highest BCUT2D eigenvalue weighted by molar-refractivity contribution is 6.06. The van der Waals surface area contributed by atoms with Crippen LogP contribution in [0.15, 0.2) is 30.3 Å². The van der Waals surface area contributed by atoms with Crippen LogP contribution in [0.1, 0.15) is 57.1 Å². The smallest absolute Gasteiger partial charge is 0.320 e. The van der Waals surface area contributed by atoms with Crippen molar-refractivity contribution >= 4 is 34.2 Å². The molecule has 0 aliphatic carbocycles. The quantitative estimate of drug-likeness (QED) is 0.510. The van der Waals surface area contributed by atoms with Crippen LogP contribution in [0.5, 0.6) is 0 Å². The number of likely N-dealkylation sites (tertiary alicyclic amines) is 1. The Kier molecular flexibility index (Phi) is 6.01. The summed E-state index contributed by atoms with van der Waals surface area (Å²) < 4.78 is 36.3. The minimum atomic E-state index is -3.03. The van der Waals surface area contributed by atoms with Crippen LogP contribution >= 0.6 is 0 Å². The molecule has 36 heavy (non-hydrogen) atoms. The van der Waals surface area contributed by atoms with Crippen molar-refractivity contribution in [2.24, 2.45) is 0 Å². The Morgan fingerprint density at radius 3 is 2.64 bits per heavy atom. The van der Waals surface area contributed by atoms with Gasteiger partial charge in [-0.2, -0.15) is 0 Å². The molecule has 3 aliphatic rings. The second-order valence-corrected chi connectivity index (χ2v) is 11.0. The van der Waals surface area contributed by atoms with Gasteiger partial charge in [0, 0.05) is 24.0 Å². The van der Waals surface area contributed by atoms with Crippen LogP contribution in [0.2, 0.25) is 0 Å². The molecule has 2 aromatic carbocycles. The summed E-state index contributed by atoms with van der Waals surface area (Å²) >= 11 is 0. The molecular formula is C27H31F2N3O4. The van der Waals surface area contributed by atoms with E-state index in [1.165, 1.54) is 4.90 Å². The maximum absolute atomic E-state index is 15.5. The van der Waals surface area contributed by atoms with Gasteiger partial charge in [0.15, 0.2) is 0 Å². The third-order valence-corrected chi connectivity index (χ3v) is 7.20. The van der Waals surface area contributed by atoms with Gasteiger partial charge in [0.05, 0.1) is 19.0 Å². The lowest BCUT2D eigenvalue weighted by Crippen LogP contribution is -2.51. The SMILES string of the molecule is CC(C)(C)OC(=O)CN1CCC(c2ccc3c4c(cccc24)CN3C2CCC(=O)NC2=O)C(F)(F)C1. The maximum atomic E-state index is 15.5. The number of carbonyl (C=O) groups is 3. The van der Waals surface area contributed by atoms with E-state index < -0.39 is 36.0 Å². The van der Waals surface area contributed by atoms with Crippen LogP contribution in [-0.4, -0.2) is 59.9 Å². The van der Waals surface area contributed by atoms with Crippen LogP contribution in [-0.2, 0) is 25.7 Å². The third kappa shape index (κ3) is 4.56. The highest BCUT2D eigenvalue weighted by atomic mass is 19.3. The second kappa shape index (κ2) is 8.80. The fourth-order valence-electron chi connectivity index (χ4n) is 5.77. The summed E-state index contributed by atoms with van der Waals surface area (Å²) in [6.45, 7) is 5.44. The van der Waals surface area contributed by atoms with Crippen LogP contribution in [0.3, 0.4) is 0 Å². The zero-order valence-electron chi connectivity index (χ0n) is 20.8. The standard InChI is InChI=1S/C27H31F2N3O4/c1-26(2,3)36-23(34)14-31-12-11-19(27(28,29)15-31)17-7-8-20-24-16(5-4-6-18(17)24)13-32(20)21-9-10-22(33)30-25(21)35/h4-8,19,21H,9-15H2,1-3H3,(H,30,33,35). The van der Waals surface area contributed by atoms with Gasteiger partial charge in [-0.05, 0) is 62.7 Å². The van der Waals surface area contributed by atoms with Crippen molar-refractivity contribution in [2.45, 2.75) is 70.1 Å². The molecule has 0 radical (unpaired) electrons. The number of esters is 1. The highest BCUT2D eigenvalue weighted by Crippen LogP contribution is 2.47. The number of benzene rings is 2. The fraction of sp³-hybridized carbons (Fsp3) is 0.519. The first-order valence-corrected chi connectivity index (χ1v) is 12.4. The van der Waals surface area contributed by atoms with Gasteiger partial charge >= 0.3 is 5.97 Å². The molecule has 2 unspecified atom stereocenters. The molecule has 0 aromatic heterocycles. The van der Waals surface area contributed by atoms with Gasteiger partial charge in [0.25, 0.3) is 5.92 Å². The first-order chi connectivity index (χ1) is 16.9. The lowest BCUT2D eigenvalue weighted by molar-refractivity contribution is -0.159. The number of anilines is 1. The molecule has 0 spiro atoms. The van der Waals surface area contributed by atoms with Gasteiger partial charge in [-0.3, -0.25) is 24.6 Å². The van der Waals surface area contributed by atoms with Crippen molar-refractivity contribution in [2.75, 3.05) is 24.5 Å². The Hall–Kier alpha value is -3.07. The molecule has 2 aromatic rings. The Labute approximate surface area is 208 Å². The molecule has 7 nitrogen and oxygen atoms in total. The van der Waals surface area contributed by atoms with Crippen molar-refractivity contribution in [3.8, 4) is 0 Å². The van der Waals surface area contributed by atoms with Crippen molar-refractivity contribution in [3.05, 3.63) is 41.5 Å². The number of halogens is 2. The molecule has 3 heterocycles. The number of hydrogen-bond acceptors (Lipinski definition) is 6. The number of piperidine rings is 2. The monoisotopic (exact) mass is 499 g/mol. The van der Waals surface area contributed by atoms with Crippen LogP contribution in [0, 0.1) is 0 Å². The molecule has 0 bridgehead atoms. The average Bonchev–Trinajstić information content (AvgIpc) is 3.13. The molecule has 3 aliphatic heterocycles. The molecule has 2 amide bonds. The van der Waals surface area contributed by atoms with Crippen LogP contribution in [0.25, 0.3) is 10.8 Å². The summed E-state index contributed by atoms with van der Waals surface area (Å²) in [5, 5.41) is 4.08. The number of amides is 2. The van der Waals surface area contributed by atoms with Gasteiger partial charge in [-0.25, -0.2) is 8.78 Å². The molecule has 2 fully saturated rings. The average molecular weight is 500 g/mol. The number of nitrogens with one attached hydrogen (secondary N) is 1. The first kappa shape index (κ1) is 24.6. The summed E-state index contributed by atoms with van der Waals surface area (Å²) in [6.07, 6.45) is 0.917. The Morgan fingerprint density at radius 2 is 1.94 bits per heavy atom. The normalized spacial score (nSPS) is 24.2. The van der Waals surface area contributed by atoms with E-state index in [4.69, 9.17) is 4.74 Å². The number of imide groups is 1. The van der Waals surface area contributed by atoms with E-state index in [1.54, 1.807) is 26.8 Å². The summed E-state index contributed by atoms with van der Waals surface area (Å²) in [7, 11) is 0. The first-order valence-electron chi connectivity index (χ1n) is 12.4.